The topological polar surface area (TPSA) is 126 Å². The van der Waals surface area contributed by atoms with Crippen LogP contribution in [0.4, 0.5) is 19.0 Å². The molecule has 0 aliphatic heterocycles. The number of nitrogens with one attached hydrogen (secondary N) is 1. The number of aromatic nitrogens is 2. The third kappa shape index (κ3) is 6.19. The van der Waals surface area contributed by atoms with Gasteiger partial charge in [0.2, 0.25) is 6.30 Å². The third-order valence-electron chi connectivity index (χ3n) is 4.65. The highest BCUT2D eigenvalue weighted by atomic mass is 19.1. The van der Waals surface area contributed by atoms with Gasteiger partial charge in [-0.25, -0.2) is 18.0 Å². The van der Waals surface area contributed by atoms with Crippen LogP contribution in [0.25, 0.3) is 0 Å². The molecule has 2 rings (SSSR count). The molecule has 1 aromatic carbocycles. The number of carbonyl (C=O) groups is 3. The average Bonchev–Trinajstić information content (AvgIpc) is 2.81. The van der Waals surface area contributed by atoms with E-state index in [-0.39, 0.29) is 10.1 Å². The maximum atomic E-state index is 15.5. The smallest absolute Gasteiger partial charge is 0.352 e. The maximum Gasteiger partial charge on any atom is 0.352 e. The Morgan fingerprint density at radius 2 is 1.82 bits per heavy atom. The van der Waals surface area contributed by atoms with Gasteiger partial charge in [-0.3, -0.25) is 19.0 Å². The van der Waals surface area contributed by atoms with Crippen molar-refractivity contribution in [3.05, 3.63) is 58.4 Å². The summed E-state index contributed by atoms with van der Waals surface area (Å²) in [6.45, 7) is -0.513. The molecule has 0 spiro atoms. The number of carbonyl (C=O) groups excluding carboxylic acids is 3. The first-order valence-corrected chi connectivity index (χ1v) is 9.75. The molecule has 1 aromatic heterocycles. The van der Waals surface area contributed by atoms with Gasteiger partial charge in [0, 0.05) is 26.5 Å². The normalized spacial score (nSPS) is 14.4. The number of esters is 2. The Labute approximate surface area is 191 Å². The van der Waals surface area contributed by atoms with E-state index in [0.29, 0.717) is 6.20 Å². The molecule has 0 bridgehead atoms. The predicted octanol–water partition coefficient (Wildman–Crippen LogP) is 1.95. The number of anilines is 1. The van der Waals surface area contributed by atoms with Crippen molar-refractivity contribution in [3.8, 4) is 0 Å². The summed E-state index contributed by atoms with van der Waals surface area (Å²) in [5.41, 5.74) is -3.62. The second-order valence-electron chi connectivity index (χ2n) is 7.03. The molecule has 34 heavy (non-hydrogen) atoms. The quantitative estimate of drug-likeness (QED) is 0.506. The van der Waals surface area contributed by atoms with Crippen LogP contribution in [-0.4, -0.2) is 59.5 Å². The molecule has 0 radical (unpaired) electrons. The van der Waals surface area contributed by atoms with Gasteiger partial charge in [-0.05, 0) is 12.1 Å². The summed E-state index contributed by atoms with van der Waals surface area (Å²) in [7, 11) is 0.941. The third-order valence-corrected chi connectivity index (χ3v) is 4.65. The molecule has 1 amide bonds. The summed E-state index contributed by atoms with van der Waals surface area (Å²) in [6, 6.07) is 7.63. The standard InChI is InChI=1S/C21H22F3N3O7/c1-12(28)33-11-21(10-22,32-3)16(34-13(2)29)17(24)27-9-15(23)18(26-20(27)31)25-19(30)14-7-5-4-6-8-14/h4-9,16-17H,10-11H2,1-3H3,(H,25,26,30,31)/t16-,17-,21+/m0/s1. The van der Waals surface area contributed by atoms with Crippen molar-refractivity contribution in [3.63, 3.8) is 0 Å². The number of hydrogen-bond acceptors (Lipinski definition) is 8. The van der Waals surface area contributed by atoms with Gasteiger partial charge >= 0.3 is 17.6 Å². The zero-order chi connectivity index (χ0) is 25.5. The Balaban J connectivity index is 2.43. The second-order valence-corrected chi connectivity index (χ2v) is 7.03. The van der Waals surface area contributed by atoms with Gasteiger partial charge in [0.05, 0.1) is 6.20 Å². The molecule has 2 aromatic rings. The SMILES string of the molecule is CO[C@](CF)(COC(C)=O)[C@@H](OC(C)=O)[C@@H](F)n1cc(F)c(NC(=O)c2ccccc2)nc1=O. The van der Waals surface area contributed by atoms with Crippen molar-refractivity contribution in [2.45, 2.75) is 31.8 Å². The zero-order valence-corrected chi connectivity index (χ0v) is 18.4. The molecular formula is C21H22F3N3O7. The lowest BCUT2D eigenvalue weighted by Crippen LogP contribution is -2.56. The van der Waals surface area contributed by atoms with Crippen LogP contribution >= 0.6 is 0 Å². The minimum atomic E-state index is -2.72. The Bertz CT molecular complexity index is 1090. The minimum Gasteiger partial charge on any atom is -0.463 e. The Hall–Kier alpha value is -3.74. The van der Waals surface area contributed by atoms with E-state index in [1.54, 1.807) is 18.2 Å². The van der Waals surface area contributed by atoms with Crippen LogP contribution in [0.3, 0.4) is 0 Å². The minimum absolute atomic E-state index is 0.0955. The van der Waals surface area contributed by atoms with Gasteiger partial charge in [-0.15, -0.1) is 0 Å². The number of rotatable bonds is 10. The van der Waals surface area contributed by atoms with E-state index in [4.69, 9.17) is 14.2 Å². The maximum absolute atomic E-state index is 15.5. The number of alkyl halides is 2. The van der Waals surface area contributed by atoms with E-state index < -0.39 is 66.5 Å². The molecular weight excluding hydrogens is 463 g/mol. The van der Waals surface area contributed by atoms with Gasteiger partial charge in [-0.1, -0.05) is 18.2 Å². The van der Waals surface area contributed by atoms with Gasteiger partial charge in [0.15, 0.2) is 23.3 Å². The average molecular weight is 485 g/mol. The molecule has 3 atom stereocenters. The number of benzene rings is 1. The van der Waals surface area contributed by atoms with Crippen molar-refractivity contribution < 1.29 is 41.8 Å². The van der Waals surface area contributed by atoms with Gasteiger partial charge in [0.25, 0.3) is 5.91 Å². The Kier molecular flexibility index (Phi) is 8.90. The highest BCUT2D eigenvalue weighted by Gasteiger charge is 2.49. The molecule has 0 fully saturated rings. The fraction of sp³-hybridized carbons (Fsp3) is 0.381. The molecule has 0 unspecified atom stereocenters. The monoisotopic (exact) mass is 485 g/mol. The summed E-state index contributed by atoms with van der Waals surface area (Å²) in [6.07, 6.45) is -4.55. The van der Waals surface area contributed by atoms with Crippen LogP contribution in [0.2, 0.25) is 0 Å². The van der Waals surface area contributed by atoms with Crippen molar-refractivity contribution >= 4 is 23.7 Å². The van der Waals surface area contributed by atoms with Crippen molar-refractivity contribution in [2.24, 2.45) is 0 Å². The summed E-state index contributed by atoms with van der Waals surface area (Å²) >= 11 is 0. The van der Waals surface area contributed by atoms with Gasteiger partial charge in [-0.2, -0.15) is 4.98 Å². The van der Waals surface area contributed by atoms with Crippen LogP contribution in [0.1, 0.15) is 30.5 Å². The fourth-order valence-corrected chi connectivity index (χ4v) is 2.87. The molecule has 0 aliphatic carbocycles. The lowest BCUT2D eigenvalue weighted by atomic mass is 9.97. The number of methoxy groups -OCH3 is 1. The molecule has 1 N–H and O–H groups in total. The molecule has 184 valence electrons. The van der Waals surface area contributed by atoms with E-state index in [0.717, 1.165) is 21.0 Å². The number of ether oxygens (including phenoxy) is 3. The van der Waals surface area contributed by atoms with E-state index in [2.05, 4.69) is 10.3 Å². The molecule has 0 aliphatic rings. The predicted molar refractivity (Wildman–Crippen MR) is 111 cm³/mol. The first-order valence-electron chi connectivity index (χ1n) is 9.75. The Morgan fingerprint density at radius 1 is 1.18 bits per heavy atom. The molecule has 0 saturated heterocycles. The zero-order valence-electron chi connectivity index (χ0n) is 18.4. The lowest BCUT2D eigenvalue weighted by Gasteiger charge is -2.37. The van der Waals surface area contributed by atoms with Gasteiger partial charge in [0.1, 0.15) is 13.3 Å². The van der Waals surface area contributed by atoms with E-state index in [1.807, 2.05) is 0 Å². The molecule has 13 heteroatoms. The first kappa shape index (κ1) is 26.5. The number of amides is 1. The summed E-state index contributed by atoms with van der Waals surface area (Å²) < 4.78 is 58.7. The van der Waals surface area contributed by atoms with Crippen LogP contribution in [-0.2, 0) is 23.8 Å². The van der Waals surface area contributed by atoms with Crippen LogP contribution in [0.5, 0.6) is 0 Å². The van der Waals surface area contributed by atoms with Crippen molar-refractivity contribution in [2.75, 3.05) is 25.7 Å². The van der Waals surface area contributed by atoms with E-state index >= 15 is 4.39 Å². The number of halogens is 3. The summed E-state index contributed by atoms with van der Waals surface area (Å²) in [5, 5.41) is 2.09. The van der Waals surface area contributed by atoms with Crippen molar-refractivity contribution in [1.82, 2.24) is 9.55 Å². The van der Waals surface area contributed by atoms with E-state index in [1.165, 1.54) is 12.1 Å². The van der Waals surface area contributed by atoms with Crippen LogP contribution < -0.4 is 11.0 Å². The van der Waals surface area contributed by atoms with Crippen LogP contribution in [0, 0.1) is 5.82 Å². The summed E-state index contributed by atoms with van der Waals surface area (Å²) in [5.74, 6) is -4.82. The fourth-order valence-electron chi connectivity index (χ4n) is 2.87. The second kappa shape index (κ2) is 11.4. The largest absolute Gasteiger partial charge is 0.463 e. The Morgan fingerprint density at radius 3 is 2.35 bits per heavy atom. The highest BCUT2D eigenvalue weighted by Crippen LogP contribution is 2.30. The first-order chi connectivity index (χ1) is 16.0. The highest BCUT2D eigenvalue weighted by molar-refractivity contribution is 6.03. The van der Waals surface area contributed by atoms with E-state index in [9.17, 15) is 28.0 Å². The number of nitrogens with zero attached hydrogens (tertiary/aromatic N) is 2. The van der Waals surface area contributed by atoms with Crippen LogP contribution in [0.15, 0.2) is 41.3 Å². The molecule has 10 nitrogen and oxygen atoms in total. The molecule has 0 saturated carbocycles. The number of hydrogen-bond donors (Lipinski definition) is 1. The molecule has 1 heterocycles. The van der Waals surface area contributed by atoms with Crippen molar-refractivity contribution in [1.29, 1.82) is 0 Å². The lowest BCUT2D eigenvalue weighted by molar-refractivity contribution is -0.204. The summed E-state index contributed by atoms with van der Waals surface area (Å²) in [4.78, 5) is 50.7. The van der Waals surface area contributed by atoms with Gasteiger partial charge < -0.3 is 19.5 Å².